The second-order valence-electron chi connectivity index (χ2n) is 4.70. The lowest BCUT2D eigenvalue weighted by atomic mass is 10.1. The van der Waals surface area contributed by atoms with E-state index in [9.17, 15) is 0 Å². The van der Waals surface area contributed by atoms with Gasteiger partial charge in [0.05, 0.1) is 11.2 Å². The molecule has 0 aliphatic rings. The van der Waals surface area contributed by atoms with Crippen LogP contribution in [0.5, 0.6) is 0 Å². The minimum atomic E-state index is 0.402. The van der Waals surface area contributed by atoms with Crippen molar-refractivity contribution in [3.05, 3.63) is 51.5 Å². The molecule has 2 aromatic rings. The fourth-order valence-corrected chi connectivity index (χ4v) is 2.72. The summed E-state index contributed by atoms with van der Waals surface area (Å²) in [5, 5.41) is 3.56. The minimum absolute atomic E-state index is 0.402. The van der Waals surface area contributed by atoms with Crippen LogP contribution in [0.2, 0.25) is 0 Å². The fourth-order valence-electron chi connectivity index (χ4n) is 1.94. The van der Waals surface area contributed by atoms with Gasteiger partial charge in [-0.25, -0.2) is 4.98 Å². The van der Waals surface area contributed by atoms with E-state index >= 15 is 0 Å². The van der Waals surface area contributed by atoms with Crippen LogP contribution in [0.25, 0.3) is 0 Å². The predicted octanol–water partition coefficient (Wildman–Crippen LogP) is 3.65. The van der Waals surface area contributed by atoms with Crippen molar-refractivity contribution < 1.29 is 0 Å². The first kappa shape index (κ1) is 13.2. The predicted molar refractivity (Wildman–Crippen MR) is 78.2 cm³/mol. The van der Waals surface area contributed by atoms with Gasteiger partial charge in [0.2, 0.25) is 0 Å². The van der Waals surface area contributed by atoms with Gasteiger partial charge in [-0.3, -0.25) is 0 Å². The molecule has 2 nitrogen and oxygen atoms in total. The molecule has 0 aliphatic carbocycles. The highest BCUT2D eigenvalue weighted by Crippen LogP contribution is 2.15. The second-order valence-corrected chi connectivity index (χ2v) is 5.64. The zero-order valence-electron chi connectivity index (χ0n) is 11.2. The minimum Gasteiger partial charge on any atom is -0.310 e. The highest BCUT2D eigenvalue weighted by molar-refractivity contribution is 7.09. The number of benzene rings is 1. The summed E-state index contributed by atoms with van der Waals surface area (Å²) in [5.74, 6) is 0. The van der Waals surface area contributed by atoms with Crippen LogP contribution in [0.1, 0.15) is 34.7 Å². The van der Waals surface area contributed by atoms with Crippen LogP contribution in [-0.2, 0) is 6.42 Å². The molecule has 0 bridgehead atoms. The molecule has 0 amide bonds. The maximum absolute atomic E-state index is 4.27. The summed E-state index contributed by atoms with van der Waals surface area (Å²) >= 11 is 1.75. The largest absolute Gasteiger partial charge is 0.310 e. The molecule has 1 atom stereocenters. The average molecular weight is 260 g/mol. The van der Waals surface area contributed by atoms with E-state index in [1.165, 1.54) is 21.7 Å². The Bertz CT molecular complexity index is 487. The lowest BCUT2D eigenvalue weighted by Gasteiger charge is -2.14. The van der Waals surface area contributed by atoms with Gasteiger partial charge in [0.15, 0.2) is 0 Å². The number of hydrogen-bond acceptors (Lipinski definition) is 3. The van der Waals surface area contributed by atoms with E-state index in [0.717, 1.165) is 13.0 Å². The van der Waals surface area contributed by atoms with Crippen LogP contribution in [0.15, 0.2) is 29.8 Å². The molecular formula is C15H20N2S. The normalized spacial score (nSPS) is 12.6. The molecular weight excluding hydrogens is 240 g/mol. The van der Waals surface area contributed by atoms with E-state index in [4.69, 9.17) is 0 Å². The van der Waals surface area contributed by atoms with Crippen molar-refractivity contribution in [1.82, 2.24) is 10.3 Å². The highest BCUT2D eigenvalue weighted by atomic mass is 32.1. The van der Waals surface area contributed by atoms with Crippen LogP contribution < -0.4 is 5.32 Å². The van der Waals surface area contributed by atoms with Crippen molar-refractivity contribution in [1.29, 1.82) is 0 Å². The van der Waals surface area contributed by atoms with Gasteiger partial charge in [-0.05, 0) is 32.8 Å². The van der Waals surface area contributed by atoms with Gasteiger partial charge in [-0.2, -0.15) is 0 Å². The van der Waals surface area contributed by atoms with Crippen LogP contribution in [-0.4, -0.2) is 11.5 Å². The van der Waals surface area contributed by atoms with Crippen molar-refractivity contribution in [3.63, 3.8) is 0 Å². The molecule has 0 aliphatic heterocycles. The van der Waals surface area contributed by atoms with Gasteiger partial charge < -0.3 is 5.32 Å². The third-order valence-corrected chi connectivity index (χ3v) is 4.22. The van der Waals surface area contributed by atoms with E-state index < -0.39 is 0 Å². The summed E-state index contributed by atoms with van der Waals surface area (Å²) in [6.07, 6.45) is 1.06. The molecule has 1 heterocycles. The molecule has 2 rings (SSSR count). The Kier molecular flexibility index (Phi) is 4.50. The summed E-state index contributed by atoms with van der Waals surface area (Å²) in [4.78, 5) is 5.66. The first-order valence-electron chi connectivity index (χ1n) is 6.35. The zero-order chi connectivity index (χ0) is 13.0. The Morgan fingerprint density at radius 2 is 1.94 bits per heavy atom. The van der Waals surface area contributed by atoms with Crippen LogP contribution in [0, 0.1) is 13.8 Å². The standard InChI is InChI=1S/C15H20N2S/c1-11-4-6-14(7-5-11)12(2)16-9-8-15-13(3)17-10-18-15/h4-7,10,12,16H,8-9H2,1-3H3/t12-/m1/s1. The summed E-state index contributed by atoms with van der Waals surface area (Å²) in [7, 11) is 0. The van der Waals surface area contributed by atoms with Crippen molar-refractivity contribution >= 4 is 11.3 Å². The summed E-state index contributed by atoms with van der Waals surface area (Å²) in [6, 6.07) is 9.14. The van der Waals surface area contributed by atoms with E-state index in [1.807, 2.05) is 5.51 Å². The van der Waals surface area contributed by atoms with Crippen molar-refractivity contribution in [3.8, 4) is 0 Å². The summed E-state index contributed by atoms with van der Waals surface area (Å²) in [5.41, 5.74) is 5.76. The van der Waals surface area contributed by atoms with Gasteiger partial charge in [-0.1, -0.05) is 29.8 Å². The quantitative estimate of drug-likeness (QED) is 0.887. The molecule has 3 heteroatoms. The number of hydrogen-bond donors (Lipinski definition) is 1. The molecule has 96 valence electrons. The Balaban J connectivity index is 1.83. The Hall–Kier alpha value is -1.19. The van der Waals surface area contributed by atoms with Gasteiger partial charge >= 0.3 is 0 Å². The van der Waals surface area contributed by atoms with E-state index in [-0.39, 0.29) is 0 Å². The van der Waals surface area contributed by atoms with Crippen LogP contribution >= 0.6 is 11.3 Å². The molecule has 0 fully saturated rings. The molecule has 1 aromatic carbocycles. The third kappa shape index (κ3) is 3.40. The first-order valence-corrected chi connectivity index (χ1v) is 7.23. The van der Waals surface area contributed by atoms with Crippen LogP contribution in [0.4, 0.5) is 0 Å². The number of aromatic nitrogens is 1. The summed E-state index contributed by atoms with van der Waals surface area (Å²) in [6.45, 7) is 7.41. The van der Waals surface area contributed by atoms with E-state index in [0.29, 0.717) is 6.04 Å². The first-order chi connectivity index (χ1) is 8.66. The van der Waals surface area contributed by atoms with Crippen molar-refractivity contribution in [2.24, 2.45) is 0 Å². The average Bonchev–Trinajstić information content (AvgIpc) is 2.76. The van der Waals surface area contributed by atoms with Gasteiger partial charge in [0.25, 0.3) is 0 Å². The number of nitrogens with zero attached hydrogens (tertiary/aromatic N) is 1. The number of thiazole rings is 1. The van der Waals surface area contributed by atoms with Crippen LogP contribution in [0.3, 0.4) is 0 Å². The molecule has 1 N–H and O–H groups in total. The number of rotatable bonds is 5. The molecule has 0 radical (unpaired) electrons. The topological polar surface area (TPSA) is 24.9 Å². The summed E-state index contributed by atoms with van der Waals surface area (Å²) < 4.78 is 0. The SMILES string of the molecule is Cc1ccc([C@@H](C)NCCc2scnc2C)cc1. The molecule has 0 unspecified atom stereocenters. The highest BCUT2D eigenvalue weighted by Gasteiger charge is 2.05. The Labute approximate surface area is 113 Å². The Morgan fingerprint density at radius 1 is 1.22 bits per heavy atom. The van der Waals surface area contributed by atoms with Gasteiger partial charge in [0.1, 0.15) is 0 Å². The molecule has 1 aromatic heterocycles. The molecule has 18 heavy (non-hydrogen) atoms. The Morgan fingerprint density at radius 3 is 2.56 bits per heavy atom. The molecule has 0 spiro atoms. The number of nitrogens with one attached hydrogen (secondary N) is 1. The van der Waals surface area contributed by atoms with Crippen molar-refractivity contribution in [2.75, 3.05) is 6.54 Å². The van der Waals surface area contributed by atoms with E-state index in [1.54, 1.807) is 11.3 Å². The monoisotopic (exact) mass is 260 g/mol. The molecule has 0 saturated carbocycles. The van der Waals surface area contributed by atoms with Gasteiger partial charge in [-0.15, -0.1) is 11.3 Å². The van der Waals surface area contributed by atoms with Crippen molar-refractivity contribution in [2.45, 2.75) is 33.2 Å². The van der Waals surface area contributed by atoms with E-state index in [2.05, 4.69) is 55.3 Å². The lowest BCUT2D eigenvalue weighted by molar-refractivity contribution is 0.578. The molecule has 0 saturated heterocycles. The maximum atomic E-state index is 4.27. The smallest absolute Gasteiger partial charge is 0.0797 e. The number of aryl methyl sites for hydroxylation is 2. The lowest BCUT2D eigenvalue weighted by Crippen LogP contribution is -2.21. The fraction of sp³-hybridized carbons (Fsp3) is 0.400. The zero-order valence-corrected chi connectivity index (χ0v) is 12.1. The third-order valence-electron chi connectivity index (χ3n) is 3.22. The second kappa shape index (κ2) is 6.12. The van der Waals surface area contributed by atoms with Gasteiger partial charge in [0, 0.05) is 17.5 Å². The maximum Gasteiger partial charge on any atom is 0.0797 e.